The molecule has 0 spiro atoms. The topological polar surface area (TPSA) is 98.3 Å². The molecule has 2 N–H and O–H groups in total. The molecule has 0 aliphatic carbocycles. The molecule has 0 aliphatic heterocycles. The summed E-state index contributed by atoms with van der Waals surface area (Å²) < 4.78 is 64.9. The van der Waals surface area contributed by atoms with E-state index < -0.39 is 26.7 Å². The summed E-state index contributed by atoms with van der Waals surface area (Å²) in [5, 5.41) is 0. The van der Waals surface area contributed by atoms with Gasteiger partial charge in [0.25, 0.3) is 10.0 Å². The summed E-state index contributed by atoms with van der Waals surface area (Å²) in [6.45, 7) is 2.93. The highest BCUT2D eigenvalue weighted by Gasteiger charge is 2.31. The molecule has 0 amide bonds. The molecule has 6 nitrogen and oxygen atoms in total. The minimum Gasteiger partial charge on any atom is -0.397 e. The van der Waals surface area contributed by atoms with Crippen LogP contribution in [0.2, 0.25) is 0 Å². The molecule has 22 heavy (non-hydrogen) atoms. The van der Waals surface area contributed by atoms with Crippen LogP contribution in [-0.4, -0.2) is 25.1 Å². The Morgan fingerprint density at radius 2 is 1.86 bits per heavy atom. The van der Waals surface area contributed by atoms with Gasteiger partial charge in [0.2, 0.25) is 0 Å². The molecule has 116 valence electrons. The van der Waals surface area contributed by atoms with Crippen LogP contribution in [0.5, 0.6) is 0 Å². The van der Waals surface area contributed by atoms with Gasteiger partial charge in [0.05, 0.1) is 23.1 Å². The van der Waals surface area contributed by atoms with E-state index in [1.165, 1.54) is 0 Å². The molecular weight excluding hydrogens is 321 g/mol. The Hall–Kier alpha value is -2.49. The quantitative estimate of drug-likeness (QED) is 0.869. The number of anilines is 1. The summed E-state index contributed by atoms with van der Waals surface area (Å²) in [7, 11) is -4.19. The average molecular weight is 330 g/mol. The third-order valence-corrected chi connectivity index (χ3v) is 3.87. The lowest BCUT2D eigenvalue weighted by Gasteiger charge is -2.10. The van der Waals surface area contributed by atoms with Crippen LogP contribution in [0.1, 0.15) is 5.56 Å². The summed E-state index contributed by atoms with van der Waals surface area (Å²) in [4.78, 5) is 6.81. The standard InChI is InChI=1S/C12H9F3N4O2S/c1-17-22(20,21)10-3-9(16)6-19-11(10)7-2-8(5-18-4-7)12(13,14)15/h2-6H,1,16H2. The molecule has 2 aromatic rings. The molecule has 0 radical (unpaired) electrons. The number of nitrogen functional groups attached to an aromatic ring is 1. The van der Waals surface area contributed by atoms with Crippen LogP contribution < -0.4 is 5.73 Å². The zero-order chi connectivity index (χ0) is 16.5. The molecule has 0 aliphatic rings. The predicted octanol–water partition coefficient (Wildman–Crippen LogP) is 2.13. The van der Waals surface area contributed by atoms with Gasteiger partial charge in [-0.2, -0.15) is 26.0 Å². The molecule has 0 bridgehead atoms. The normalized spacial score (nSPS) is 12.1. The van der Waals surface area contributed by atoms with Crippen LogP contribution in [0.15, 0.2) is 40.0 Å². The summed E-state index contributed by atoms with van der Waals surface area (Å²) in [6, 6.07) is 1.79. The highest BCUT2D eigenvalue weighted by molar-refractivity contribution is 7.90. The van der Waals surface area contributed by atoms with Gasteiger partial charge in [0, 0.05) is 24.7 Å². The third kappa shape index (κ3) is 3.06. The highest BCUT2D eigenvalue weighted by atomic mass is 32.2. The maximum atomic E-state index is 12.7. The fourth-order valence-electron chi connectivity index (χ4n) is 1.67. The molecule has 2 rings (SSSR count). The Labute approximate surface area is 123 Å². The van der Waals surface area contributed by atoms with Crippen molar-refractivity contribution in [3.8, 4) is 11.3 Å². The van der Waals surface area contributed by atoms with Crippen molar-refractivity contribution < 1.29 is 21.6 Å². The van der Waals surface area contributed by atoms with Crippen LogP contribution in [0.4, 0.5) is 18.9 Å². The number of sulfonamides is 1. The number of hydrogen-bond acceptors (Lipinski definition) is 5. The fraction of sp³-hybridized carbons (Fsp3) is 0.0833. The van der Waals surface area contributed by atoms with Crippen molar-refractivity contribution in [2.45, 2.75) is 11.1 Å². The first kappa shape index (κ1) is 15.9. The second-order valence-corrected chi connectivity index (χ2v) is 5.83. The van der Waals surface area contributed by atoms with Crippen molar-refractivity contribution in [3.05, 3.63) is 36.3 Å². The molecule has 0 saturated carbocycles. The van der Waals surface area contributed by atoms with Crippen LogP contribution in [0.3, 0.4) is 0 Å². The summed E-state index contributed by atoms with van der Waals surface area (Å²) in [5.41, 5.74) is 4.10. The van der Waals surface area contributed by atoms with Crippen LogP contribution in [0, 0.1) is 0 Å². The van der Waals surface area contributed by atoms with Gasteiger partial charge in [-0.3, -0.25) is 9.97 Å². The maximum absolute atomic E-state index is 12.7. The first-order chi connectivity index (χ1) is 10.1. The first-order valence-corrected chi connectivity index (χ1v) is 7.10. The number of nitrogens with two attached hydrogens (primary N) is 1. The van der Waals surface area contributed by atoms with E-state index in [-0.39, 0.29) is 16.9 Å². The predicted molar refractivity (Wildman–Crippen MR) is 73.6 cm³/mol. The van der Waals surface area contributed by atoms with Gasteiger partial charge in [-0.1, -0.05) is 0 Å². The third-order valence-electron chi connectivity index (χ3n) is 2.66. The number of halogens is 3. The lowest BCUT2D eigenvalue weighted by atomic mass is 10.1. The Balaban J connectivity index is 2.71. The van der Waals surface area contributed by atoms with Gasteiger partial charge in [0.15, 0.2) is 0 Å². The van der Waals surface area contributed by atoms with E-state index in [1.807, 2.05) is 0 Å². The van der Waals surface area contributed by atoms with E-state index in [2.05, 4.69) is 21.1 Å². The molecule has 0 aromatic carbocycles. The minimum absolute atomic E-state index is 0.0194. The van der Waals surface area contributed by atoms with Crippen molar-refractivity contribution in [2.24, 2.45) is 4.40 Å². The molecular formula is C12H9F3N4O2S. The minimum atomic E-state index is -4.62. The Bertz CT molecular complexity index is 835. The van der Waals surface area contributed by atoms with E-state index >= 15 is 0 Å². The van der Waals surface area contributed by atoms with Crippen LogP contribution in [-0.2, 0) is 16.2 Å². The molecule has 2 aromatic heterocycles. The monoisotopic (exact) mass is 330 g/mol. The summed E-state index contributed by atoms with van der Waals surface area (Å²) >= 11 is 0. The largest absolute Gasteiger partial charge is 0.417 e. The Morgan fingerprint density at radius 1 is 1.18 bits per heavy atom. The SMILES string of the molecule is C=NS(=O)(=O)c1cc(N)cnc1-c1cncc(C(F)(F)F)c1. The zero-order valence-corrected chi connectivity index (χ0v) is 11.7. The number of aromatic nitrogens is 2. The lowest BCUT2D eigenvalue weighted by Crippen LogP contribution is -2.07. The van der Waals surface area contributed by atoms with Crippen molar-refractivity contribution >= 4 is 22.4 Å². The van der Waals surface area contributed by atoms with Crippen molar-refractivity contribution in [1.29, 1.82) is 0 Å². The number of rotatable bonds is 3. The molecule has 10 heteroatoms. The van der Waals surface area contributed by atoms with E-state index in [1.54, 1.807) is 0 Å². The molecule has 0 fully saturated rings. The summed E-state index contributed by atoms with van der Waals surface area (Å²) in [6.07, 6.45) is -1.80. The van der Waals surface area contributed by atoms with Gasteiger partial charge in [-0.15, -0.1) is 0 Å². The Kier molecular flexibility index (Phi) is 3.88. The number of hydrogen-bond donors (Lipinski definition) is 1. The van der Waals surface area contributed by atoms with Gasteiger partial charge >= 0.3 is 6.18 Å². The second-order valence-electron chi connectivity index (χ2n) is 4.18. The zero-order valence-electron chi connectivity index (χ0n) is 10.9. The Morgan fingerprint density at radius 3 is 2.45 bits per heavy atom. The molecule has 2 heterocycles. The van der Waals surface area contributed by atoms with Crippen molar-refractivity contribution in [2.75, 3.05) is 5.73 Å². The molecule has 0 unspecified atom stereocenters. The molecule has 0 saturated heterocycles. The first-order valence-electron chi connectivity index (χ1n) is 5.66. The average Bonchev–Trinajstić information content (AvgIpc) is 2.46. The van der Waals surface area contributed by atoms with Gasteiger partial charge in [-0.25, -0.2) is 0 Å². The van der Waals surface area contributed by atoms with Gasteiger partial charge < -0.3 is 5.73 Å². The van der Waals surface area contributed by atoms with E-state index in [0.29, 0.717) is 6.20 Å². The van der Waals surface area contributed by atoms with E-state index in [9.17, 15) is 21.6 Å². The van der Waals surface area contributed by atoms with Gasteiger partial charge in [-0.05, 0) is 12.1 Å². The van der Waals surface area contributed by atoms with Crippen molar-refractivity contribution in [3.63, 3.8) is 0 Å². The molecule has 0 atom stereocenters. The lowest BCUT2D eigenvalue weighted by molar-refractivity contribution is -0.137. The number of alkyl halides is 3. The number of pyridine rings is 2. The smallest absolute Gasteiger partial charge is 0.397 e. The fourth-order valence-corrected chi connectivity index (χ4v) is 2.51. The second kappa shape index (κ2) is 5.37. The van der Waals surface area contributed by atoms with Crippen LogP contribution >= 0.6 is 0 Å². The number of nitrogens with zero attached hydrogens (tertiary/aromatic N) is 3. The summed E-state index contributed by atoms with van der Waals surface area (Å²) in [5.74, 6) is 0. The highest BCUT2D eigenvalue weighted by Crippen LogP contribution is 2.33. The van der Waals surface area contributed by atoms with E-state index in [0.717, 1.165) is 24.5 Å². The van der Waals surface area contributed by atoms with Crippen LogP contribution in [0.25, 0.3) is 11.3 Å². The maximum Gasteiger partial charge on any atom is 0.417 e. The van der Waals surface area contributed by atoms with Crippen molar-refractivity contribution in [1.82, 2.24) is 9.97 Å². The van der Waals surface area contributed by atoms with Gasteiger partial charge in [0.1, 0.15) is 4.90 Å². The van der Waals surface area contributed by atoms with E-state index in [4.69, 9.17) is 5.73 Å².